The molecule has 0 spiro atoms. The highest BCUT2D eigenvalue weighted by Crippen LogP contribution is 2.13. The molecule has 0 aromatic heterocycles. The third kappa shape index (κ3) is 3.69. The molecule has 2 aromatic carbocycles. The van der Waals surface area contributed by atoms with Crippen molar-refractivity contribution < 1.29 is 9.18 Å². The molecule has 0 saturated carbocycles. The highest BCUT2D eigenvalue weighted by molar-refractivity contribution is 6.01. The van der Waals surface area contributed by atoms with Gasteiger partial charge in [-0.3, -0.25) is 4.79 Å². The van der Waals surface area contributed by atoms with Gasteiger partial charge in [0.15, 0.2) is 0 Å². The average molecular weight is 299 g/mol. The van der Waals surface area contributed by atoms with Gasteiger partial charge in [0.25, 0.3) is 5.91 Å². The maximum atomic E-state index is 13.6. The lowest BCUT2D eigenvalue weighted by molar-refractivity contribution is 0.0955. The monoisotopic (exact) mass is 299 g/mol. The fraction of sp³-hybridized carbons (Fsp3) is 0.176. The first kappa shape index (κ1) is 15.7. The first-order valence-electron chi connectivity index (χ1n) is 6.86. The normalized spacial score (nSPS) is 11.2. The molecule has 0 radical (unpaired) electrons. The van der Waals surface area contributed by atoms with E-state index in [1.54, 1.807) is 43.3 Å². The Hall–Kier alpha value is -2.69. The molecule has 0 bridgehead atoms. The van der Waals surface area contributed by atoms with Crippen molar-refractivity contribution in [3.8, 4) is 0 Å². The van der Waals surface area contributed by atoms with Crippen molar-refractivity contribution in [2.45, 2.75) is 6.92 Å². The number of anilines is 1. The molecule has 114 valence electrons. The van der Waals surface area contributed by atoms with Gasteiger partial charge in [0.2, 0.25) is 0 Å². The Kier molecular flexibility index (Phi) is 4.88. The van der Waals surface area contributed by atoms with E-state index in [0.29, 0.717) is 16.8 Å². The van der Waals surface area contributed by atoms with Gasteiger partial charge in [0.05, 0.1) is 5.71 Å². The summed E-state index contributed by atoms with van der Waals surface area (Å²) in [6.07, 6.45) is 0. The Morgan fingerprint density at radius 3 is 2.55 bits per heavy atom. The van der Waals surface area contributed by atoms with Gasteiger partial charge in [-0.2, -0.15) is 5.10 Å². The van der Waals surface area contributed by atoms with Crippen LogP contribution in [0.15, 0.2) is 53.6 Å². The van der Waals surface area contributed by atoms with E-state index >= 15 is 0 Å². The van der Waals surface area contributed by atoms with Gasteiger partial charge >= 0.3 is 0 Å². The zero-order chi connectivity index (χ0) is 16.1. The quantitative estimate of drug-likeness (QED) is 0.696. The Morgan fingerprint density at radius 2 is 1.86 bits per heavy atom. The van der Waals surface area contributed by atoms with E-state index in [-0.39, 0.29) is 11.7 Å². The van der Waals surface area contributed by atoms with Crippen LogP contribution in [0.1, 0.15) is 22.8 Å². The van der Waals surface area contributed by atoms with E-state index in [4.69, 9.17) is 0 Å². The van der Waals surface area contributed by atoms with Crippen LogP contribution in [0.4, 0.5) is 10.1 Å². The fourth-order valence-corrected chi connectivity index (χ4v) is 1.94. The van der Waals surface area contributed by atoms with Crippen LogP contribution in [-0.4, -0.2) is 25.7 Å². The molecule has 0 aliphatic rings. The van der Waals surface area contributed by atoms with Crippen molar-refractivity contribution in [2.75, 3.05) is 19.0 Å². The molecule has 1 amide bonds. The van der Waals surface area contributed by atoms with Crippen LogP contribution in [0.2, 0.25) is 0 Å². The first-order valence-corrected chi connectivity index (χ1v) is 6.86. The number of amides is 1. The molecular formula is C17H18FN3O. The van der Waals surface area contributed by atoms with Crippen LogP contribution in [0, 0.1) is 5.82 Å². The highest BCUT2D eigenvalue weighted by Gasteiger charge is 2.08. The maximum absolute atomic E-state index is 13.6. The molecule has 0 aliphatic heterocycles. The van der Waals surface area contributed by atoms with Crippen molar-refractivity contribution in [3.05, 3.63) is 65.5 Å². The fourth-order valence-electron chi connectivity index (χ4n) is 1.94. The van der Waals surface area contributed by atoms with E-state index in [1.165, 1.54) is 6.07 Å². The third-order valence-electron chi connectivity index (χ3n) is 3.21. The molecule has 1 N–H and O–H groups in total. The second-order valence-corrected chi connectivity index (χ2v) is 5.06. The number of benzene rings is 2. The predicted octanol–water partition coefficient (Wildman–Crippen LogP) is 3.05. The number of rotatable bonds is 4. The Morgan fingerprint density at radius 1 is 1.14 bits per heavy atom. The van der Waals surface area contributed by atoms with Gasteiger partial charge in [-0.1, -0.05) is 24.3 Å². The van der Waals surface area contributed by atoms with Crippen molar-refractivity contribution in [2.24, 2.45) is 5.10 Å². The molecule has 0 saturated heterocycles. The number of carbonyl (C=O) groups is 1. The number of halogens is 1. The van der Waals surface area contributed by atoms with Gasteiger partial charge in [-0.25, -0.2) is 9.82 Å². The standard InChI is InChI=1S/C17H18FN3O/c1-12(15-9-4-5-10-16(15)18)19-20-17(22)13-7-6-8-14(11-13)21(2)3/h4-11H,1-3H3,(H,20,22)/b19-12+. The SMILES string of the molecule is C/C(=N\NC(=O)c1cccc(N(C)C)c1)c1ccccc1F. The minimum absolute atomic E-state index is 0.334. The number of hydrazone groups is 1. The minimum atomic E-state index is -0.368. The Balaban J connectivity index is 2.14. The zero-order valence-electron chi connectivity index (χ0n) is 12.8. The Labute approximate surface area is 129 Å². The molecule has 2 rings (SSSR count). The van der Waals surface area contributed by atoms with Gasteiger partial charge < -0.3 is 4.90 Å². The summed E-state index contributed by atoms with van der Waals surface area (Å²) >= 11 is 0. The molecule has 0 atom stereocenters. The van der Waals surface area contributed by atoms with Gasteiger partial charge in [0, 0.05) is 30.9 Å². The van der Waals surface area contributed by atoms with Crippen molar-refractivity contribution in [1.82, 2.24) is 5.43 Å². The molecule has 22 heavy (non-hydrogen) atoms. The maximum Gasteiger partial charge on any atom is 0.271 e. The van der Waals surface area contributed by atoms with Gasteiger partial charge in [-0.05, 0) is 31.2 Å². The van der Waals surface area contributed by atoms with Crippen LogP contribution in [0.25, 0.3) is 0 Å². The second-order valence-electron chi connectivity index (χ2n) is 5.06. The van der Waals surface area contributed by atoms with Crippen LogP contribution in [0.5, 0.6) is 0 Å². The van der Waals surface area contributed by atoms with E-state index in [2.05, 4.69) is 10.5 Å². The van der Waals surface area contributed by atoms with Crippen molar-refractivity contribution >= 4 is 17.3 Å². The molecule has 2 aromatic rings. The third-order valence-corrected chi connectivity index (χ3v) is 3.21. The summed E-state index contributed by atoms with van der Waals surface area (Å²) in [5, 5.41) is 3.97. The average Bonchev–Trinajstić information content (AvgIpc) is 2.52. The zero-order valence-corrected chi connectivity index (χ0v) is 12.8. The Bertz CT molecular complexity index is 711. The second kappa shape index (κ2) is 6.85. The summed E-state index contributed by atoms with van der Waals surface area (Å²) in [5.74, 6) is -0.702. The van der Waals surface area contributed by atoms with Gasteiger partial charge in [0.1, 0.15) is 5.82 Å². The van der Waals surface area contributed by atoms with E-state index in [0.717, 1.165) is 5.69 Å². The van der Waals surface area contributed by atoms with Crippen LogP contribution in [0.3, 0.4) is 0 Å². The number of hydrogen-bond acceptors (Lipinski definition) is 3. The molecular weight excluding hydrogens is 281 g/mol. The lowest BCUT2D eigenvalue weighted by Gasteiger charge is -2.13. The topological polar surface area (TPSA) is 44.7 Å². The molecule has 0 unspecified atom stereocenters. The van der Waals surface area contributed by atoms with Gasteiger partial charge in [-0.15, -0.1) is 0 Å². The molecule has 0 heterocycles. The van der Waals surface area contributed by atoms with Crippen molar-refractivity contribution in [3.63, 3.8) is 0 Å². The van der Waals surface area contributed by atoms with Crippen molar-refractivity contribution in [1.29, 1.82) is 0 Å². The van der Waals surface area contributed by atoms with E-state index < -0.39 is 0 Å². The summed E-state index contributed by atoms with van der Waals surface area (Å²) in [5.41, 5.74) is 4.65. The number of nitrogens with one attached hydrogen (secondary N) is 1. The lowest BCUT2D eigenvalue weighted by Crippen LogP contribution is -2.20. The van der Waals surface area contributed by atoms with Crippen LogP contribution in [-0.2, 0) is 0 Å². The number of nitrogens with zero attached hydrogens (tertiary/aromatic N) is 2. The molecule has 5 heteroatoms. The smallest absolute Gasteiger partial charge is 0.271 e. The molecule has 0 fully saturated rings. The summed E-state index contributed by atoms with van der Waals surface area (Å²) in [4.78, 5) is 14.0. The summed E-state index contributed by atoms with van der Waals surface area (Å²) in [6, 6.07) is 13.5. The predicted molar refractivity (Wildman–Crippen MR) is 86.8 cm³/mol. The summed E-state index contributed by atoms with van der Waals surface area (Å²) in [6.45, 7) is 1.65. The lowest BCUT2D eigenvalue weighted by atomic mass is 10.1. The van der Waals surface area contributed by atoms with E-state index in [9.17, 15) is 9.18 Å². The number of hydrogen-bond donors (Lipinski definition) is 1. The number of carbonyl (C=O) groups excluding carboxylic acids is 1. The highest BCUT2D eigenvalue weighted by atomic mass is 19.1. The van der Waals surface area contributed by atoms with Crippen LogP contribution < -0.4 is 10.3 Å². The van der Waals surface area contributed by atoms with Crippen LogP contribution >= 0.6 is 0 Å². The minimum Gasteiger partial charge on any atom is -0.378 e. The molecule has 0 aliphatic carbocycles. The summed E-state index contributed by atoms with van der Waals surface area (Å²) < 4.78 is 13.6. The molecule has 4 nitrogen and oxygen atoms in total. The largest absolute Gasteiger partial charge is 0.378 e. The van der Waals surface area contributed by atoms with E-state index in [1.807, 2.05) is 25.1 Å². The summed E-state index contributed by atoms with van der Waals surface area (Å²) in [7, 11) is 3.80. The first-order chi connectivity index (χ1) is 10.5.